The average Bonchev–Trinajstić information content (AvgIpc) is 2.31. The van der Waals surface area contributed by atoms with Crippen LogP contribution in [0.15, 0.2) is 42.5 Å². The van der Waals surface area contributed by atoms with Crippen LogP contribution in [0.4, 0.5) is 4.39 Å². The van der Waals surface area contributed by atoms with Gasteiger partial charge in [-0.2, -0.15) is 0 Å². The van der Waals surface area contributed by atoms with Gasteiger partial charge >= 0.3 is 0 Å². The summed E-state index contributed by atoms with van der Waals surface area (Å²) < 4.78 is 18.5. The molecule has 2 aromatic rings. The molecular formula is C13H8ClFO2. The van der Waals surface area contributed by atoms with Gasteiger partial charge in [-0.3, -0.25) is 4.79 Å². The van der Waals surface area contributed by atoms with Crippen LogP contribution in [0.2, 0.25) is 5.02 Å². The zero-order valence-electron chi connectivity index (χ0n) is 8.69. The van der Waals surface area contributed by atoms with E-state index in [1.165, 1.54) is 12.1 Å². The number of carbonyl (C=O) groups is 1. The highest BCUT2D eigenvalue weighted by molar-refractivity contribution is 6.30. The van der Waals surface area contributed by atoms with Crippen molar-refractivity contribution < 1.29 is 13.9 Å². The average molecular weight is 251 g/mol. The Hall–Kier alpha value is -1.87. The molecule has 0 aliphatic rings. The molecule has 2 aromatic carbocycles. The number of ether oxygens (including phenoxy) is 1. The van der Waals surface area contributed by atoms with E-state index in [2.05, 4.69) is 0 Å². The van der Waals surface area contributed by atoms with Crippen molar-refractivity contribution in [1.82, 2.24) is 0 Å². The molecule has 86 valence electrons. The summed E-state index contributed by atoms with van der Waals surface area (Å²) in [5, 5.41) is 0.588. The van der Waals surface area contributed by atoms with Crippen molar-refractivity contribution in [2.45, 2.75) is 0 Å². The Bertz CT molecular complexity index is 538. The number of aldehydes is 1. The van der Waals surface area contributed by atoms with Gasteiger partial charge in [-0.25, -0.2) is 4.39 Å². The first kappa shape index (κ1) is 11.6. The molecule has 0 aliphatic heterocycles. The molecule has 0 heterocycles. The van der Waals surface area contributed by atoms with Gasteiger partial charge in [0.05, 0.1) is 0 Å². The van der Waals surface area contributed by atoms with E-state index in [1.54, 1.807) is 24.3 Å². The number of rotatable bonds is 3. The smallest absolute Gasteiger partial charge is 0.150 e. The first-order valence-electron chi connectivity index (χ1n) is 4.86. The molecule has 0 atom stereocenters. The second-order valence-corrected chi connectivity index (χ2v) is 3.83. The first-order valence-corrected chi connectivity index (χ1v) is 5.24. The third-order valence-electron chi connectivity index (χ3n) is 2.08. The number of halogens is 2. The summed E-state index contributed by atoms with van der Waals surface area (Å²) in [6.07, 6.45) is 0.567. The minimum absolute atomic E-state index is 0.231. The van der Waals surface area contributed by atoms with Crippen LogP contribution in [0.5, 0.6) is 11.5 Å². The molecule has 0 spiro atoms. The van der Waals surface area contributed by atoms with E-state index in [4.69, 9.17) is 16.3 Å². The summed E-state index contributed by atoms with van der Waals surface area (Å²) in [5.74, 6) is 0.282. The molecule has 0 saturated heterocycles. The van der Waals surface area contributed by atoms with Crippen LogP contribution in [0, 0.1) is 5.82 Å². The highest BCUT2D eigenvalue weighted by atomic mass is 35.5. The van der Waals surface area contributed by atoms with E-state index in [9.17, 15) is 9.18 Å². The zero-order chi connectivity index (χ0) is 12.3. The van der Waals surface area contributed by atoms with Crippen molar-refractivity contribution in [3.05, 3.63) is 58.9 Å². The summed E-state index contributed by atoms with van der Waals surface area (Å²) in [5.41, 5.74) is 0.231. The maximum atomic E-state index is 13.1. The van der Waals surface area contributed by atoms with Gasteiger partial charge in [-0.05, 0) is 36.4 Å². The molecular weight excluding hydrogens is 243 g/mol. The van der Waals surface area contributed by atoms with Gasteiger partial charge in [0.15, 0.2) is 0 Å². The largest absolute Gasteiger partial charge is 0.457 e. The van der Waals surface area contributed by atoms with Gasteiger partial charge in [0.1, 0.15) is 23.6 Å². The summed E-state index contributed by atoms with van der Waals surface area (Å²) in [4.78, 5) is 10.6. The third-order valence-corrected chi connectivity index (χ3v) is 2.33. The molecule has 17 heavy (non-hydrogen) atoms. The van der Waals surface area contributed by atoms with Crippen LogP contribution in [0.25, 0.3) is 0 Å². The van der Waals surface area contributed by atoms with Crippen LogP contribution in [0.1, 0.15) is 10.4 Å². The fourth-order valence-corrected chi connectivity index (χ4v) is 1.48. The predicted octanol–water partition coefficient (Wildman–Crippen LogP) is 4.08. The van der Waals surface area contributed by atoms with Crippen molar-refractivity contribution in [2.24, 2.45) is 0 Å². The minimum atomic E-state index is -0.515. The number of carbonyl (C=O) groups excluding carboxylic acids is 1. The molecule has 2 nitrogen and oxygen atoms in total. The molecule has 0 amide bonds. The Morgan fingerprint density at radius 2 is 1.76 bits per heavy atom. The van der Waals surface area contributed by atoms with Gasteiger partial charge in [0.2, 0.25) is 0 Å². The van der Waals surface area contributed by atoms with E-state index >= 15 is 0 Å². The maximum absolute atomic E-state index is 13.1. The molecule has 2 rings (SSSR count). The van der Waals surface area contributed by atoms with E-state index in [0.29, 0.717) is 17.1 Å². The van der Waals surface area contributed by atoms with Gasteiger partial charge in [0, 0.05) is 16.7 Å². The van der Waals surface area contributed by atoms with Crippen molar-refractivity contribution in [3.63, 3.8) is 0 Å². The quantitative estimate of drug-likeness (QED) is 0.767. The summed E-state index contributed by atoms with van der Waals surface area (Å²) in [6.45, 7) is 0. The lowest BCUT2D eigenvalue weighted by atomic mass is 10.2. The molecule has 0 radical (unpaired) electrons. The second kappa shape index (κ2) is 4.97. The standard InChI is InChI=1S/C13H8ClFO2/c14-10-1-3-12(4-2-10)17-13-6-9(8-16)5-11(15)7-13/h1-8H. The van der Waals surface area contributed by atoms with E-state index in [-0.39, 0.29) is 11.3 Å². The van der Waals surface area contributed by atoms with Crippen LogP contribution in [-0.4, -0.2) is 6.29 Å². The molecule has 0 fully saturated rings. The van der Waals surface area contributed by atoms with Crippen LogP contribution >= 0.6 is 11.6 Å². The normalized spacial score (nSPS) is 10.0. The minimum Gasteiger partial charge on any atom is -0.457 e. The highest BCUT2D eigenvalue weighted by Crippen LogP contribution is 2.24. The van der Waals surface area contributed by atoms with Gasteiger partial charge in [-0.15, -0.1) is 0 Å². The SMILES string of the molecule is O=Cc1cc(F)cc(Oc2ccc(Cl)cc2)c1. The van der Waals surface area contributed by atoms with E-state index in [1.807, 2.05) is 0 Å². The van der Waals surface area contributed by atoms with E-state index < -0.39 is 5.82 Å². The molecule has 4 heteroatoms. The Kier molecular flexibility index (Phi) is 3.40. The van der Waals surface area contributed by atoms with Crippen LogP contribution < -0.4 is 4.74 Å². The van der Waals surface area contributed by atoms with Crippen LogP contribution in [-0.2, 0) is 0 Å². The van der Waals surface area contributed by atoms with Crippen molar-refractivity contribution >= 4 is 17.9 Å². The lowest BCUT2D eigenvalue weighted by Crippen LogP contribution is -1.88. The third kappa shape index (κ3) is 3.04. The topological polar surface area (TPSA) is 26.3 Å². The molecule has 0 N–H and O–H groups in total. The fourth-order valence-electron chi connectivity index (χ4n) is 1.35. The Labute approximate surface area is 103 Å². The predicted molar refractivity (Wildman–Crippen MR) is 63.3 cm³/mol. The Morgan fingerprint density at radius 1 is 1.06 bits per heavy atom. The molecule has 0 aliphatic carbocycles. The summed E-state index contributed by atoms with van der Waals surface area (Å²) in [7, 11) is 0. The monoisotopic (exact) mass is 250 g/mol. The number of benzene rings is 2. The molecule has 0 bridgehead atoms. The lowest BCUT2D eigenvalue weighted by Gasteiger charge is -2.06. The Balaban J connectivity index is 2.26. The van der Waals surface area contributed by atoms with E-state index in [0.717, 1.165) is 6.07 Å². The molecule has 0 saturated carbocycles. The lowest BCUT2D eigenvalue weighted by molar-refractivity contribution is 0.112. The van der Waals surface area contributed by atoms with Crippen molar-refractivity contribution in [3.8, 4) is 11.5 Å². The van der Waals surface area contributed by atoms with Gasteiger partial charge in [0.25, 0.3) is 0 Å². The second-order valence-electron chi connectivity index (χ2n) is 3.39. The highest BCUT2D eigenvalue weighted by Gasteiger charge is 2.02. The zero-order valence-corrected chi connectivity index (χ0v) is 9.45. The molecule has 0 unspecified atom stereocenters. The van der Waals surface area contributed by atoms with Crippen molar-refractivity contribution in [2.75, 3.05) is 0 Å². The van der Waals surface area contributed by atoms with Gasteiger partial charge < -0.3 is 4.74 Å². The number of hydrogen-bond donors (Lipinski definition) is 0. The summed E-state index contributed by atoms with van der Waals surface area (Å²) in [6, 6.07) is 10.5. The fraction of sp³-hybridized carbons (Fsp3) is 0. The number of hydrogen-bond acceptors (Lipinski definition) is 2. The van der Waals surface area contributed by atoms with Crippen LogP contribution in [0.3, 0.4) is 0 Å². The Morgan fingerprint density at radius 3 is 2.41 bits per heavy atom. The van der Waals surface area contributed by atoms with Gasteiger partial charge in [-0.1, -0.05) is 11.6 Å². The summed E-state index contributed by atoms with van der Waals surface area (Å²) >= 11 is 5.73. The maximum Gasteiger partial charge on any atom is 0.150 e. The molecule has 0 aromatic heterocycles. The van der Waals surface area contributed by atoms with Crippen molar-refractivity contribution in [1.29, 1.82) is 0 Å². The first-order chi connectivity index (χ1) is 8.17.